The Morgan fingerprint density at radius 2 is 1.83 bits per heavy atom. The molecule has 0 amide bonds. The highest BCUT2D eigenvalue weighted by Gasteiger charge is 2.09. The molecule has 3 nitrogen and oxygen atoms in total. The van der Waals surface area contributed by atoms with Gasteiger partial charge in [-0.2, -0.15) is 0 Å². The second-order valence-electron chi connectivity index (χ2n) is 3.55. The summed E-state index contributed by atoms with van der Waals surface area (Å²) >= 11 is 0. The number of methoxy groups -OCH3 is 1. The zero-order valence-electron chi connectivity index (χ0n) is 9.72. The standard InChI is InChI=1S/C14H11FO3/c1-17-13-7-6-11(15)8-14(13)18-12-5-3-2-4-10(12)9-16/h2-9H,1H3. The number of para-hydroxylation sites is 1. The Labute approximate surface area is 104 Å². The van der Waals surface area contributed by atoms with Crippen LogP contribution in [0.2, 0.25) is 0 Å². The van der Waals surface area contributed by atoms with Crippen molar-refractivity contribution in [1.82, 2.24) is 0 Å². The fourth-order valence-electron chi connectivity index (χ4n) is 1.52. The summed E-state index contributed by atoms with van der Waals surface area (Å²) in [6.45, 7) is 0. The van der Waals surface area contributed by atoms with Crippen LogP contribution in [0.15, 0.2) is 42.5 Å². The molecule has 2 rings (SSSR count). The van der Waals surface area contributed by atoms with Gasteiger partial charge < -0.3 is 9.47 Å². The van der Waals surface area contributed by atoms with Gasteiger partial charge in [0.15, 0.2) is 17.8 Å². The van der Waals surface area contributed by atoms with Crippen molar-refractivity contribution in [3.63, 3.8) is 0 Å². The lowest BCUT2D eigenvalue weighted by atomic mass is 10.2. The van der Waals surface area contributed by atoms with Gasteiger partial charge in [-0.15, -0.1) is 0 Å². The van der Waals surface area contributed by atoms with E-state index >= 15 is 0 Å². The third kappa shape index (κ3) is 2.48. The molecule has 0 spiro atoms. The molecule has 0 aromatic heterocycles. The predicted octanol–water partition coefficient (Wildman–Crippen LogP) is 3.44. The van der Waals surface area contributed by atoms with Crippen molar-refractivity contribution >= 4 is 6.29 Å². The molecule has 0 aliphatic carbocycles. The molecule has 0 aliphatic rings. The lowest BCUT2D eigenvalue weighted by molar-refractivity contribution is 0.112. The van der Waals surface area contributed by atoms with Crippen LogP contribution in [-0.4, -0.2) is 13.4 Å². The van der Waals surface area contributed by atoms with Crippen molar-refractivity contribution < 1.29 is 18.7 Å². The van der Waals surface area contributed by atoms with Gasteiger partial charge in [0.25, 0.3) is 0 Å². The lowest BCUT2D eigenvalue weighted by Crippen LogP contribution is -1.94. The zero-order valence-corrected chi connectivity index (χ0v) is 9.72. The van der Waals surface area contributed by atoms with Crippen LogP contribution in [-0.2, 0) is 0 Å². The summed E-state index contributed by atoms with van der Waals surface area (Å²) in [7, 11) is 1.46. The van der Waals surface area contributed by atoms with Crippen LogP contribution in [0, 0.1) is 5.82 Å². The number of aldehydes is 1. The first-order valence-corrected chi connectivity index (χ1v) is 5.30. The van der Waals surface area contributed by atoms with Crippen molar-refractivity contribution in [3.8, 4) is 17.2 Å². The molecule has 0 N–H and O–H groups in total. The Morgan fingerprint density at radius 3 is 2.56 bits per heavy atom. The van der Waals surface area contributed by atoms with Gasteiger partial charge in [0.2, 0.25) is 0 Å². The molecule has 0 bridgehead atoms. The van der Waals surface area contributed by atoms with E-state index < -0.39 is 5.82 Å². The van der Waals surface area contributed by atoms with Crippen LogP contribution < -0.4 is 9.47 Å². The summed E-state index contributed by atoms with van der Waals surface area (Å²) < 4.78 is 23.7. The minimum absolute atomic E-state index is 0.229. The molecule has 18 heavy (non-hydrogen) atoms. The van der Waals surface area contributed by atoms with E-state index in [4.69, 9.17) is 9.47 Å². The largest absolute Gasteiger partial charge is 0.493 e. The SMILES string of the molecule is COc1ccc(F)cc1Oc1ccccc1C=O. The van der Waals surface area contributed by atoms with Crippen molar-refractivity contribution in [3.05, 3.63) is 53.8 Å². The summed E-state index contributed by atoms with van der Waals surface area (Å²) in [4.78, 5) is 10.9. The van der Waals surface area contributed by atoms with Crippen LogP contribution in [0.25, 0.3) is 0 Å². The molecule has 0 fully saturated rings. The Hall–Kier alpha value is -2.36. The minimum Gasteiger partial charge on any atom is -0.493 e. The topological polar surface area (TPSA) is 35.5 Å². The number of carbonyl (C=O) groups excluding carboxylic acids is 1. The van der Waals surface area contributed by atoms with Gasteiger partial charge in [-0.3, -0.25) is 4.79 Å². The van der Waals surface area contributed by atoms with E-state index in [1.54, 1.807) is 24.3 Å². The maximum absolute atomic E-state index is 13.2. The van der Waals surface area contributed by atoms with E-state index in [2.05, 4.69) is 0 Å². The predicted molar refractivity (Wildman–Crippen MR) is 64.9 cm³/mol. The van der Waals surface area contributed by atoms with E-state index in [0.29, 0.717) is 23.3 Å². The van der Waals surface area contributed by atoms with Crippen LogP contribution in [0.1, 0.15) is 10.4 Å². The summed E-state index contributed by atoms with van der Waals surface area (Å²) in [5, 5.41) is 0. The highest BCUT2D eigenvalue weighted by molar-refractivity contribution is 5.79. The molecule has 4 heteroatoms. The molecule has 0 heterocycles. The number of hydrogen-bond donors (Lipinski definition) is 0. The lowest BCUT2D eigenvalue weighted by Gasteiger charge is -2.11. The molecular formula is C14H11FO3. The molecule has 0 unspecified atom stereocenters. The highest BCUT2D eigenvalue weighted by atomic mass is 19.1. The average molecular weight is 246 g/mol. The highest BCUT2D eigenvalue weighted by Crippen LogP contribution is 2.33. The molecule has 2 aromatic rings. The number of benzene rings is 2. The third-order valence-corrected chi connectivity index (χ3v) is 2.39. The molecule has 0 aliphatic heterocycles. The smallest absolute Gasteiger partial charge is 0.172 e. The Balaban J connectivity index is 2.39. The first-order chi connectivity index (χ1) is 8.74. The number of halogens is 1. The Bertz CT molecular complexity index is 567. The zero-order chi connectivity index (χ0) is 13.0. The molecule has 0 saturated carbocycles. The third-order valence-electron chi connectivity index (χ3n) is 2.39. The second-order valence-corrected chi connectivity index (χ2v) is 3.55. The molecule has 0 radical (unpaired) electrons. The normalized spacial score (nSPS) is 9.89. The first kappa shape index (κ1) is 12.1. The van der Waals surface area contributed by atoms with Crippen molar-refractivity contribution in [2.45, 2.75) is 0 Å². The van der Waals surface area contributed by atoms with Crippen LogP contribution >= 0.6 is 0 Å². The number of carbonyl (C=O) groups is 1. The first-order valence-electron chi connectivity index (χ1n) is 5.30. The van der Waals surface area contributed by atoms with Gasteiger partial charge in [-0.25, -0.2) is 4.39 Å². The van der Waals surface area contributed by atoms with Gasteiger partial charge >= 0.3 is 0 Å². The van der Waals surface area contributed by atoms with E-state index in [-0.39, 0.29) is 5.75 Å². The maximum Gasteiger partial charge on any atom is 0.172 e. The number of rotatable bonds is 4. The average Bonchev–Trinajstić information content (AvgIpc) is 2.40. The molecule has 0 atom stereocenters. The summed E-state index contributed by atoms with van der Waals surface area (Å²) in [5.41, 5.74) is 0.392. The van der Waals surface area contributed by atoms with Crippen molar-refractivity contribution in [2.24, 2.45) is 0 Å². The molecule has 0 saturated heterocycles. The minimum atomic E-state index is -0.436. The van der Waals surface area contributed by atoms with Gasteiger partial charge in [0.1, 0.15) is 11.6 Å². The fraction of sp³-hybridized carbons (Fsp3) is 0.0714. The monoisotopic (exact) mass is 246 g/mol. The van der Waals surface area contributed by atoms with Crippen LogP contribution in [0.5, 0.6) is 17.2 Å². The van der Waals surface area contributed by atoms with E-state index in [1.165, 1.54) is 25.3 Å². The summed E-state index contributed by atoms with van der Waals surface area (Å²) in [5.74, 6) is 0.551. The van der Waals surface area contributed by atoms with Gasteiger partial charge in [0, 0.05) is 6.07 Å². The second kappa shape index (κ2) is 5.31. The van der Waals surface area contributed by atoms with Gasteiger partial charge in [0.05, 0.1) is 12.7 Å². The Kier molecular flexibility index (Phi) is 3.57. The number of hydrogen-bond acceptors (Lipinski definition) is 3. The molecule has 92 valence electrons. The van der Waals surface area contributed by atoms with Crippen molar-refractivity contribution in [2.75, 3.05) is 7.11 Å². The van der Waals surface area contributed by atoms with Crippen LogP contribution in [0.3, 0.4) is 0 Å². The maximum atomic E-state index is 13.2. The van der Waals surface area contributed by atoms with Crippen LogP contribution in [0.4, 0.5) is 4.39 Å². The van der Waals surface area contributed by atoms with Gasteiger partial charge in [-0.1, -0.05) is 12.1 Å². The van der Waals surface area contributed by atoms with Gasteiger partial charge in [-0.05, 0) is 24.3 Å². The quantitative estimate of drug-likeness (QED) is 0.775. The summed E-state index contributed by atoms with van der Waals surface area (Å²) in [6, 6.07) is 10.7. The number of ether oxygens (including phenoxy) is 2. The van der Waals surface area contributed by atoms with E-state index in [9.17, 15) is 9.18 Å². The summed E-state index contributed by atoms with van der Waals surface area (Å²) in [6.07, 6.45) is 0.682. The molecular weight excluding hydrogens is 235 g/mol. The molecule has 2 aromatic carbocycles. The van der Waals surface area contributed by atoms with E-state index in [0.717, 1.165) is 0 Å². The van der Waals surface area contributed by atoms with E-state index in [1.807, 2.05) is 0 Å². The Morgan fingerprint density at radius 1 is 1.06 bits per heavy atom. The fourth-order valence-corrected chi connectivity index (χ4v) is 1.52. The van der Waals surface area contributed by atoms with Crippen molar-refractivity contribution in [1.29, 1.82) is 0 Å².